The predicted octanol–water partition coefficient (Wildman–Crippen LogP) is 4.82. The van der Waals surface area contributed by atoms with Gasteiger partial charge >= 0.3 is 0 Å². The number of aromatic hydroxyl groups is 1. The Labute approximate surface area is 214 Å². The highest BCUT2D eigenvalue weighted by Crippen LogP contribution is 2.34. The minimum absolute atomic E-state index is 0.0156. The number of anilines is 1. The number of nitrogens with zero attached hydrogens (tertiary/aromatic N) is 5. The Morgan fingerprint density at radius 1 is 1.03 bits per heavy atom. The van der Waals surface area contributed by atoms with Gasteiger partial charge in [-0.25, -0.2) is 14.4 Å². The third-order valence-electron chi connectivity index (χ3n) is 6.49. The van der Waals surface area contributed by atoms with Crippen LogP contribution in [-0.2, 0) is 4.79 Å². The summed E-state index contributed by atoms with van der Waals surface area (Å²) >= 11 is 0. The number of benzene rings is 1. The van der Waals surface area contributed by atoms with Gasteiger partial charge in [0, 0.05) is 47.3 Å². The number of aromatic amines is 2. The van der Waals surface area contributed by atoms with Crippen molar-refractivity contribution in [2.75, 3.05) is 5.32 Å². The molecular formula is C27H19FN8O2. The maximum atomic E-state index is 14.0. The van der Waals surface area contributed by atoms with Crippen LogP contribution in [0, 0.1) is 11.7 Å². The number of hydrogen-bond acceptors (Lipinski definition) is 7. The van der Waals surface area contributed by atoms with Crippen LogP contribution in [0.5, 0.6) is 5.75 Å². The zero-order valence-electron chi connectivity index (χ0n) is 19.7. The molecule has 0 radical (unpaired) electrons. The second-order valence-corrected chi connectivity index (χ2v) is 9.26. The Morgan fingerprint density at radius 3 is 2.74 bits per heavy atom. The van der Waals surface area contributed by atoms with Crippen molar-refractivity contribution in [1.82, 2.24) is 35.1 Å². The second-order valence-electron chi connectivity index (χ2n) is 9.26. The summed E-state index contributed by atoms with van der Waals surface area (Å²) in [5.41, 5.74) is 5.38. The molecule has 1 aromatic carbocycles. The summed E-state index contributed by atoms with van der Waals surface area (Å²) in [6.07, 6.45) is 8.47. The summed E-state index contributed by atoms with van der Waals surface area (Å²) in [7, 11) is 0. The summed E-state index contributed by atoms with van der Waals surface area (Å²) in [6, 6.07) is 9.34. The number of hydrogen-bond donors (Lipinski definition) is 4. The first-order chi connectivity index (χ1) is 18.5. The van der Waals surface area contributed by atoms with Gasteiger partial charge in [-0.1, -0.05) is 0 Å². The highest BCUT2D eigenvalue weighted by Gasteiger charge is 2.29. The van der Waals surface area contributed by atoms with Gasteiger partial charge in [0.05, 0.1) is 28.5 Å². The largest absolute Gasteiger partial charge is 0.508 e. The van der Waals surface area contributed by atoms with Crippen LogP contribution in [0.1, 0.15) is 12.8 Å². The smallest absolute Gasteiger partial charge is 0.227 e. The third kappa shape index (κ3) is 3.90. The van der Waals surface area contributed by atoms with Gasteiger partial charge in [0.2, 0.25) is 5.91 Å². The van der Waals surface area contributed by atoms with Gasteiger partial charge in [0.1, 0.15) is 22.8 Å². The number of fused-ring (bicyclic) bond motifs is 2. The number of carbonyl (C=O) groups is 1. The van der Waals surface area contributed by atoms with E-state index in [9.17, 15) is 14.3 Å². The van der Waals surface area contributed by atoms with Crippen LogP contribution >= 0.6 is 0 Å². The quantitative estimate of drug-likeness (QED) is 0.262. The van der Waals surface area contributed by atoms with Crippen LogP contribution < -0.4 is 5.32 Å². The number of imidazole rings is 1. The summed E-state index contributed by atoms with van der Waals surface area (Å²) in [4.78, 5) is 33.3. The monoisotopic (exact) mass is 506 g/mol. The van der Waals surface area contributed by atoms with E-state index in [2.05, 4.69) is 35.5 Å². The molecule has 6 aromatic rings. The van der Waals surface area contributed by atoms with Crippen molar-refractivity contribution >= 4 is 33.7 Å². The normalized spacial score (nSPS) is 13.3. The summed E-state index contributed by atoms with van der Waals surface area (Å²) < 4.78 is 14.0. The zero-order valence-corrected chi connectivity index (χ0v) is 19.7. The van der Waals surface area contributed by atoms with Crippen LogP contribution in [0.25, 0.3) is 56.0 Å². The summed E-state index contributed by atoms with van der Waals surface area (Å²) in [5.74, 6) is -0.158. The van der Waals surface area contributed by atoms with Gasteiger partial charge in [-0.2, -0.15) is 5.10 Å². The molecule has 11 heteroatoms. The standard InChI is InChI=1S/C27H19FN8O2/c28-17-5-14(7-19(37)9-17)22-24-21(3-4-30-22)33-26(34-24)23-20-8-16(11-31-25(20)36-35-23)15-6-18(12-29-10-15)32-27(38)13-1-2-13/h3-13,37H,1-2H2,(H,32,38)(H,33,34)(H,31,35,36). The first kappa shape index (κ1) is 22.0. The number of aromatic nitrogens is 7. The number of rotatable bonds is 5. The third-order valence-corrected chi connectivity index (χ3v) is 6.49. The van der Waals surface area contributed by atoms with Crippen molar-refractivity contribution in [3.8, 4) is 39.7 Å². The fourth-order valence-electron chi connectivity index (χ4n) is 4.47. The molecular weight excluding hydrogens is 487 g/mol. The molecule has 0 atom stereocenters. The van der Waals surface area contributed by atoms with Crippen molar-refractivity contribution in [2.24, 2.45) is 5.92 Å². The fraction of sp³-hybridized carbons (Fsp3) is 0.111. The Hall–Kier alpha value is -5.19. The number of pyridine rings is 3. The van der Waals surface area contributed by atoms with Crippen molar-refractivity contribution in [1.29, 1.82) is 0 Å². The van der Waals surface area contributed by atoms with Crippen molar-refractivity contribution in [3.63, 3.8) is 0 Å². The van der Waals surface area contributed by atoms with Gasteiger partial charge in [0.15, 0.2) is 11.5 Å². The topological polar surface area (TPSA) is 145 Å². The zero-order chi connectivity index (χ0) is 25.8. The van der Waals surface area contributed by atoms with Gasteiger partial charge in [-0.3, -0.25) is 19.9 Å². The van der Waals surface area contributed by atoms with E-state index in [4.69, 9.17) is 4.98 Å². The van der Waals surface area contributed by atoms with E-state index in [0.717, 1.165) is 35.4 Å². The van der Waals surface area contributed by atoms with E-state index in [-0.39, 0.29) is 17.6 Å². The lowest BCUT2D eigenvalue weighted by Crippen LogP contribution is -2.13. The Morgan fingerprint density at radius 2 is 1.89 bits per heavy atom. The molecule has 0 bridgehead atoms. The van der Waals surface area contributed by atoms with E-state index in [1.54, 1.807) is 30.9 Å². The van der Waals surface area contributed by atoms with Crippen molar-refractivity contribution in [2.45, 2.75) is 12.8 Å². The maximum absolute atomic E-state index is 14.0. The lowest BCUT2D eigenvalue weighted by atomic mass is 10.1. The minimum Gasteiger partial charge on any atom is -0.508 e. The molecule has 1 aliphatic carbocycles. The van der Waals surface area contributed by atoms with Gasteiger partial charge < -0.3 is 15.4 Å². The van der Waals surface area contributed by atoms with Crippen molar-refractivity contribution < 1.29 is 14.3 Å². The van der Waals surface area contributed by atoms with E-state index >= 15 is 0 Å². The molecule has 0 unspecified atom stereocenters. The van der Waals surface area contributed by atoms with Crippen LogP contribution in [0.3, 0.4) is 0 Å². The van der Waals surface area contributed by atoms with Crippen LogP contribution in [0.15, 0.2) is 61.2 Å². The Balaban J connectivity index is 1.29. The van der Waals surface area contributed by atoms with Gasteiger partial charge in [-0.05, 0) is 43.2 Å². The number of phenols is 1. The van der Waals surface area contributed by atoms with Crippen molar-refractivity contribution in [3.05, 3.63) is 67.0 Å². The number of phenolic OH excluding ortho intramolecular Hbond substituents is 1. The molecule has 1 saturated carbocycles. The minimum atomic E-state index is -0.571. The molecule has 1 amide bonds. The average Bonchev–Trinajstić information content (AvgIpc) is 3.54. The number of H-pyrrole nitrogens is 2. The number of halogens is 1. The lowest BCUT2D eigenvalue weighted by molar-refractivity contribution is -0.117. The average molecular weight is 507 g/mol. The molecule has 4 N–H and O–H groups in total. The number of carbonyl (C=O) groups excluding carboxylic acids is 1. The summed E-state index contributed by atoms with van der Waals surface area (Å²) in [5, 5.41) is 20.8. The first-order valence-electron chi connectivity index (χ1n) is 12.0. The van der Waals surface area contributed by atoms with Crippen LogP contribution in [0.4, 0.5) is 10.1 Å². The van der Waals surface area contributed by atoms with E-state index in [1.807, 2.05) is 12.1 Å². The first-order valence-corrected chi connectivity index (χ1v) is 12.0. The Kier molecular flexibility index (Phi) is 4.90. The van der Waals surface area contributed by atoms with E-state index in [0.29, 0.717) is 45.1 Å². The number of amides is 1. The van der Waals surface area contributed by atoms with E-state index in [1.165, 1.54) is 12.1 Å². The summed E-state index contributed by atoms with van der Waals surface area (Å²) in [6.45, 7) is 0. The molecule has 1 aliphatic rings. The predicted molar refractivity (Wildman–Crippen MR) is 138 cm³/mol. The highest BCUT2D eigenvalue weighted by atomic mass is 19.1. The molecule has 5 aromatic heterocycles. The molecule has 186 valence electrons. The van der Waals surface area contributed by atoms with Crippen LogP contribution in [0.2, 0.25) is 0 Å². The SMILES string of the molecule is O=C(Nc1cncc(-c2cnc3n[nH]c(-c4nc5c(-c6cc(O)cc(F)c6)nccc5[nH]4)c3c2)c1)C1CC1. The molecule has 5 heterocycles. The molecule has 10 nitrogen and oxygen atoms in total. The van der Waals surface area contributed by atoms with Gasteiger partial charge in [0.25, 0.3) is 0 Å². The fourth-order valence-corrected chi connectivity index (χ4v) is 4.47. The van der Waals surface area contributed by atoms with E-state index < -0.39 is 5.82 Å². The lowest BCUT2D eigenvalue weighted by Gasteiger charge is -2.06. The molecule has 0 spiro atoms. The molecule has 0 saturated heterocycles. The molecule has 0 aliphatic heterocycles. The highest BCUT2D eigenvalue weighted by molar-refractivity contribution is 5.97. The molecule has 1 fully saturated rings. The van der Waals surface area contributed by atoms with Crippen LogP contribution in [-0.4, -0.2) is 46.1 Å². The molecule has 38 heavy (non-hydrogen) atoms. The van der Waals surface area contributed by atoms with Gasteiger partial charge in [-0.15, -0.1) is 0 Å². The second kappa shape index (κ2) is 8.44. The number of nitrogens with one attached hydrogen (secondary N) is 3. The maximum Gasteiger partial charge on any atom is 0.227 e. The molecule has 7 rings (SSSR count). The Bertz CT molecular complexity index is 1850.